The number of likely N-dealkylation sites (N-methyl/N-ethyl adjacent to an activating group) is 1. The summed E-state index contributed by atoms with van der Waals surface area (Å²) in [5.41, 5.74) is 1.85. The van der Waals surface area contributed by atoms with Crippen molar-refractivity contribution in [2.45, 2.75) is 19.4 Å². The SMILES string of the molecule is CCOC(=O)C(O)c1cccc2c1N(C)C(=O)C2. The highest BCUT2D eigenvalue weighted by Crippen LogP contribution is 2.35. The molecule has 1 atom stereocenters. The summed E-state index contributed by atoms with van der Waals surface area (Å²) < 4.78 is 4.79. The zero-order valence-electron chi connectivity index (χ0n) is 10.3. The van der Waals surface area contributed by atoms with E-state index in [1.54, 1.807) is 26.1 Å². The van der Waals surface area contributed by atoms with Crippen LogP contribution in [0.1, 0.15) is 24.2 Å². The smallest absolute Gasteiger partial charge is 0.339 e. The lowest BCUT2D eigenvalue weighted by Gasteiger charge is -2.18. The van der Waals surface area contributed by atoms with E-state index in [4.69, 9.17) is 4.74 Å². The minimum Gasteiger partial charge on any atom is -0.464 e. The fourth-order valence-electron chi connectivity index (χ4n) is 2.14. The Labute approximate surface area is 105 Å². The molecule has 96 valence electrons. The predicted molar refractivity (Wildman–Crippen MR) is 65.1 cm³/mol. The number of hydrogen-bond donors (Lipinski definition) is 1. The normalized spacial score (nSPS) is 15.5. The molecule has 0 spiro atoms. The molecule has 1 aromatic rings. The highest BCUT2D eigenvalue weighted by atomic mass is 16.5. The molecular weight excluding hydrogens is 234 g/mol. The first-order chi connectivity index (χ1) is 8.56. The molecule has 0 saturated carbocycles. The summed E-state index contributed by atoms with van der Waals surface area (Å²) in [5, 5.41) is 9.98. The van der Waals surface area contributed by atoms with Crippen molar-refractivity contribution in [3.05, 3.63) is 29.3 Å². The van der Waals surface area contributed by atoms with Gasteiger partial charge in [-0.2, -0.15) is 0 Å². The van der Waals surface area contributed by atoms with Crippen LogP contribution in [0.2, 0.25) is 0 Å². The van der Waals surface area contributed by atoms with Crippen LogP contribution in [0.4, 0.5) is 5.69 Å². The maximum atomic E-state index is 11.6. The maximum Gasteiger partial charge on any atom is 0.339 e. The van der Waals surface area contributed by atoms with Crippen LogP contribution in [0.25, 0.3) is 0 Å². The van der Waals surface area contributed by atoms with Gasteiger partial charge in [0.15, 0.2) is 6.10 Å². The van der Waals surface area contributed by atoms with Gasteiger partial charge in [0.25, 0.3) is 0 Å². The van der Waals surface area contributed by atoms with Gasteiger partial charge in [-0.15, -0.1) is 0 Å². The number of aliphatic hydroxyl groups excluding tert-OH is 1. The zero-order valence-corrected chi connectivity index (χ0v) is 10.3. The number of amides is 1. The van der Waals surface area contributed by atoms with E-state index in [0.717, 1.165) is 5.56 Å². The number of nitrogens with zero attached hydrogens (tertiary/aromatic N) is 1. The van der Waals surface area contributed by atoms with E-state index in [-0.39, 0.29) is 12.5 Å². The van der Waals surface area contributed by atoms with Gasteiger partial charge < -0.3 is 14.7 Å². The second-order valence-electron chi connectivity index (χ2n) is 4.14. The van der Waals surface area contributed by atoms with Crippen molar-refractivity contribution < 1.29 is 19.4 Å². The van der Waals surface area contributed by atoms with Crippen molar-refractivity contribution in [1.82, 2.24) is 0 Å². The second kappa shape index (κ2) is 4.78. The van der Waals surface area contributed by atoms with E-state index in [9.17, 15) is 14.7 Å². The van der Waals surface area contributed by atoms with Crippen LogP contribution >= 0.6 is 0 Å². The Bertz CT molecular complexity index is 498. The third-order valence-corrected chi connectivity index (χ3v) is 3.01. The lowest BCUT2D eigenvalue weighted by molar-refractivity contribution is -0.153. The van der Waals surface area contributed by atoms with E-state index in [1.165, 1.54) is 4.90 Å². The topological polar surface area (TPSA) is 66.8 Å². The molecule has 0 fully saturated rings. The van der Waals surface area contributed by atoms with Gasteiger partial charge in [-0.3, -0.25) is 4.79 Å². The Morgan fingerprint density at radius 3 is 2.94 bits per heavy atom. The monoisotopic (exact) mass is 249 g/mol. The molecule has 1 aliphatic heterocycles. The lowest BCUT2D eigenvalue weighted by Crippen LogP contribution is -2.23. The average Bonchev–Trinajstić information content (AvgIpc) is 2.64. The molecule has 0 bridgehead atoms. The van der Waals surface area contributed by atoms with E-state index in [1.807, 2.05) is 6.07 Å². The van der Waals surface area contributed by atoms with Gasteiger partial charge in [0.1, 0.15) is 0 Å². The van der Waals surface area contributed by atoms with Crippen LogP contribution in [0.3, 0.4) is 0 Å². The third-order valence-electron chi connectivity index (χ3n) is 3.01. The van der Waals surface area contributed by atoms with E-state index >= 15 is 0 Å². The van der Waals surface area contributed by atoms with Gasteiger partial charge in [-0.05, 0) is 12.5 Å². The van der Waals surface area contributed by atoms with Gasteiger partial charge in [0.2, 0.25) is 5.91 Å². The summed E-state index contributed by atoms with van der Waals surface area (Å²) in [6.07, 6.45) is -1.05. The molecule has 5 nitrogen and oxygen atoms in total. The number of anilines is 1. The molecule has 0 saturated heterocycles. The number of aliphatic hydroxyl groups is 1. The molecule has 2 rings (SSSR count). The number of esters is 1. The first-order valence-corrected chi connectivity index (χ1v) is 5.79. The van der Waals surface area contributed by atoms with Crippen molar-refractivity contribution in [3.63, 3.8) is 0 Å². The number of carbonyl (C=O) groups excluding carboxylic acids is 2. The number of hydrogen-bond acceptors (Lipinski definition) is 4. The Hall–Kier alpha value is -1.88. The minimum atomic E-state index is -1.35. The largest absolute Gasteiger partial charge is 0.464 e. The molecule has 0 aromatic heterocycles. The van der Waals surface area contributed by atoms with Crippen LogP contribution in [-0.4, -0.2) is 30.6 Å². The lowest BCUT2D eigenvalue weighted by atomic mass is 10.0. The highest BCUT2D eigenvalue weighted by molar-refractivity contribution is 6.02. The molecule has 18 heavy (non-hydrogen) atoms. The van der Waals surface area contributed by atoms with E-state index < -0.39 is 12.1 Å². The number of fused-ring (bicyclic) bond motifs is 1. The van der Waals surface area contributed by atoms with Crippen molar-refractivity contribution in [2.75, 3.05) is 18.6 Å². The molecule has 1 unspecified atom stereocenters. The van der Waals surface area contributed by atoms with E-state index in [2.05, 4.69) is 0 Å². The summed E-state index contributed by atoms with van der Waals surface area (Å²) in [5.74, 6) is -0.743. The quantitative estimate of drug-likeness (QED) is 0.805. The molecule has 0 aliphatic carbocycles. The Morgan fingerprint density at radius 1 is 1.56 bits per heavy atom. The number of para-hydroxylation sites is 1. The van der Waals surface area contributed by atoms with Crippen LogP contribution < -0.4 is 4.90 Å². The zero-order chi connectivity index (χ0) is 13.3. The standard InChI is InChI=1S/C13H15NO4/c1-3-18-13(17)12(16)9-6-4-5-8-7-10(15)14(2)11(8)9/h4-6,12,16H,3,7H2,1-2H3. The highest BCUT2D eigenvalue weighted by Gasteiger charge is 2.31. The Balaban J connectivity index is 2.39. The number of benzene rings is 1. The Kier molecular flexibility index (Phi) is 3.34. The molecule has 1 N–H and O–H groups in total. The first kappa shape index (κ1) is 12.6. The van der Waals surface area contributed by atoms with Crippen LogP contribution in [0.15, 0.2) is 18.2 Å². The maximum absolute atomic E-state index is 11.6. The van der Waals surface area contributed by atoms with E-state index in [0.29, 0.717) is 17.7 Å². The fraction of sp³-hybridized carbons (Fsp3) is 0.385. The summed E-state index contributed by atoms with van der Waals surface area (Å²) in [4.78, 5) is 24.7. The van der Waals surface area contributed by atoms with Crippen LogP contribution in [-0.2, 0) is 20.7 Å². The molecule has 1 heterocycles. The Morgan fingerprint density at radius 2 is 2.28 bits per heavy atom. The summed E-state index contributed by atoms with van der Waals surface area (Å²) >= 11 is 0. The molecule has 1 aromatic carbocycles. The van der Waals surface area contributed by atoms with Gasteiger partial charge in [0.05, 0.1) is 18.7 Å². The molecular formula is C13H15NO4. The molecule has 0 radical (unpaired) electrons. The van der Waals surface area contributed by atoms with Gasteiger partial charge in [-0.25, -0.2) is 4.79 Å². The number of ether oxygens (including phenoxy) is 1. The molecule has 1 aliphatic rings. The predicted octanol–water partition coefficient (Wildman–Crippen LogP) is 0.802. The third kappa shape index (κ3) is 1.97. The second-order valence-corrected chi connectivity index (χ2v) is 4.14. The number of rotatable bonds is 3. The van der Waals surface area contributed by atoms with Crippen molar-refractivity contribution >= 4 is 17.6 Å². The van der Waals surface area contributed by atoms with Gasteiger partial charge >= 0.3 is 5.97 Å². The summed E-state index contributed by atoms with van der Waals surface area (Å²) in [6, 6.07) is 5.18. The van der Waals surface area contributed by atoms with Gasteiger partial charge in [0, 0.05) is 12.6 Å². The summed E-state index contributed by atoms with van der Waals surface area (Å²) in [7, 11) is 1.63. The van der Waals surface area contributed by atoms with Crippen LogP contribution in [0, 0.1) is 0 Å². The average molecular weight is 249 g/mol. The fourth-order valence-corrected chi connectivity index (χ4v) is 2.14. The van der Waals surface area contributed by atoms with Crippen LogP contribution in [0.5, 0.6) is 0 Å². The molecule has 5 heteroatoms. The van der Waals surface area contributed by atoms with Crippen molar-refractivity contribution in [1.29, 1.82) is 0 Å². The number of carbonyl (C=O) groups is 2. The minimum absolute atomic E-state index is 0.0477. The molecule has 1 amide bonds. The van der Waals surface area contributed by atoms with Crippen molar-refractivity contribution in [2.24, 2.45) is 0 Å². The first-order valence-electron chi connectivity index (χ1n) is 5.79. The van der Waals surface area contributed by atoms with Crippen molar-refractivity contribution in [3.8, 4) is 0 Å². The van der Waals surface area contributed by atoms with Gasteiger partial charge in [-0.1, -0.05) is 18.2 Å². The summed E-state index contributed by atoms with van der Waals surface area (Å²) in [6.45, 7) is 1.88.